The van der Waals surface area contributed by atoms with Crippen LogP contribution in [0.2, 0.25) is 5.02 Å². The Bertz CT molecular complexity index is 1140. The first-order valence-corrected chi connectivity index (χ1v) is 12.6. The molecule has 2 aromatic carbocycles. The number of benzene rings is 2. The Kier molecular flexibility index (Phi) is 8.26. The number of amides is 2. The fourth-order valence-electron chi connectivity index (χ4n) is 4.60. The van der Waals surface area contributed by atoms with Crippen LogP contribution in [-0.2, 0) is 20.9 Å². The van der Waals surface area contributed by atoms with Crippen LogP contribution >= 0.6 is 11.6 Å². The van der Waals surface area contributed by atoms with Crippen LogP contribution in [0.25, 0.3) is 0 Å². The quantitative estimate of drug-likeness (QED) is 0.410. The number of aliphatic carboxylic acids is 1. The minimum absolute atomic E-state index is 0.00578. The number of rotatable bonds is 12. The highest BCUT2D eigenvalue weighted by Gasteiger charge is 2.31. The van der Waals surface area contributed by atoms with Gasteiger partial charge in [-0.15, -0.1) is 0 Å². The maximum absolute atomic E-state index is 14.2. The molecule has 1 saturated carbocycles. The van der Waals surface area contributed by atoms with Crippen molar-refractivity contribution in [3.05, 3.63) is 63.9 Å². The van der Waals surface area contributed by atoms with Gasteiger partial charge in [-0.3, -0.25) is 24.2 Å². The van der Waals surface area contributed by atoms with Gasteiger partial charge in [0.05, 0.1) is 18.0 Å². The molecular weight excluding hydrogens is 487 g/mol. The molecule has 1 saturated heterocycles. The molecule has 2 amide bonds. The average Bonchev–Trinajstić information content (AvgIpc) is 3.59. The van der Waals surface area contributed by atoms with Gasteiger partial charge in [0, 0.05) is 32.0 Å². The number of aryl methyl sites for hydroxylation is 1. The Hall–Kier alpha value is -2.97. The third-order valence-electron chi connectivity index (χ3n) is 6.68. The second-order valence-electron chi connectivity index (χ2n) is 9.55. The summed E-state index contributed by atoms with van der Waals surface area (Å²) in [5.74, 6) is -0.686. The van der Waals surface area contributed by atoms with Crippen molar-refractivity contribution in [2.75, 3.05) is 19.7 Å². The minimum Gasteiger partial charge on any atom is -0.491 e. The SMILES string of the molecule is Cc1cc(CN(CC2CC2)C(CC(=O)O)c2ccc(Cl)c(F)c2)ccc1OCCN1C(=O)CCC1=O. The highest BCUT2D eigenvalue weighted by molar-refractivity contribution is 6.30. The predicted octanol–water partition coefficient (Wildman–Crippen LogP) is 4.74. The van der Waals surface area contributed by atoms with Gasteiger partial charge < -0.3 is 9.84 Å². The first-order chi connectivity index (χ1) is 17.2. The number of carbonyl (C=O) groups is 3. The van der Waals surface area contributed by atoms with Crippen LogP contribution in [0, 0.1) is 18.7 Å². The molecule has 2 aliphatic rings. The smallest absolute Gasteiger partial charge is 0.305 e. The second-order valence-corrected chi connectivity index (χ2v) is 9.95. The van der Waals surface area contributed by atoms with Crippen molar-refractivity contribution in [3.63, 3.8) is 0 Å². The van der Waals surface area contributed by atoms with Crippen molar-refractivity contribution in [2.45, 2.75) is 51.6 Å². The lowest BCUT2D eigenvalue weighted by Crippen LogP contribution is -2.33. The third kappa shape index (κ3) is 6.62. The summed E-state index contributed by atoms with van der Waals surface area (Å²) in [6.07, 6.45) is 2.56. The number of carboxylic acid groups (broad SMARTS) is 1. The summed E-state index contributed by atoms with van der Waals surface area (Å²) in [6, 6.07) is 9.75. The van der Waals surface area contributed by atoms with Gasteiger partial charge in [-0.1, -0.05) is 29.8 Å². The van der Waals surface area contributed by atoms with E-state index in [9.17, 15) is 23.9 Å². The molecule has 0 aromatic heterocycles. The molecule has 2 aromatic rings. The molecular formula is C27H30ClFN2O5. The minimum atomic E-state index is -0.953. The number of hydrogen-bond donors (Lipinski definition) is 1. The molecule has 7 nitrogen and oxygen atoms in total. The molecule has 1 atom stereocenters. The number of imide groups is 1. The summed E-state index contributed by atoms with van der Waals surface area (Å²) in [6.45, 7) is 3.57. The highest BCUT2D eigenvalue weighted by Crippen LogP contribution is 2.36. The molecule has 2 fully saturated rings. The fraction of sp³-hybridized carbons (Fsp3) is 0.444. The summed E-state index contributed by atoms with van der Waals surface area (Å²) in [4.78, 5) is 38.6. The monoisotopic (exact) mass is 516 g/mol. The number of nitrogens with zero attached hydrogens (tertiary/aromatic N) is 2. The van der Waals surface area contributed by atoms with E-state index in [1.54, 1.807) is 6.07 Å². The van der Waals surface area contributed by atoms with Crippen LogP contribution in [0.4, 0.5) is 4.39 Å². The standard InChI is InChI=1S/C27H30ClFN2O5/c1-17-12-19(4-7-24(17)36-11-10-31-25(32)8-9-26(31)33)16-30(15-18-2-3-18)23(14-27(34)35)20-5-6-21(28)22(29)13-20/h4-7,12-13,18,23H,2-3,8-11,14-16H2,1H3,(H,34,35). The van der Waals surface area contributed by atoms with Crippen LogP contribution < -0.4 is 4.74 Å². The van der Waals surface area contributed by atoms with Crippen LogP contribution in [0.1, 0.15) is 54.8 Å². The molecule has 4 rings (SSSR count). The Morgan fingerprint density at radius 3 is 2.53 bits per heavy atom. The van der Waals surface area contributed by atoms with E-state index in [2.05, 4.69) is 4.90 Å². The first-order valence-electron chi connectivity index (χ1n) is 12.2. The van der Waals surface area contributed by atoms with Gasteiger partial charge in [0.15, 0.2) is 0 Å². The van der Waals surface area contributed by atoms with Gasteiger partial charge in [0.1, 0.15) is 18.2 Å². The van der Waals surface area contributed by atoms with Gasteiger partial charge in [0.25, 0.3) is 0 Å². The van der Waals surface area contributed by atoms with Gasteiger partial charge in [-0.05, 0) is 60.6 Å². The van der Waals surface area contributed by atoms with Crippen molar-refractivity contribution in [2.24, 2.45) is 5.92 Å². The molecule has 192 valence electrons. The van der Waals surface area contributed by atoms with E-state index in [0.29, 0.717) is 23.8 Å². The second kappa shape index (κ2) is 11.4. The Morgan fingerprint density at radius 1 is 1.19 bits per heavy atom. The number of halogens is 2. The molecule has 1 aliphatic heterocycles. The average molecular weight is 517 g/mol. The molecule has 0 spiro atoms. The van der Waals surface area contributed by atoms with E-state index in [0.717, 1.165) is 30.5 Å². The zero-order chi connectivity index (χ0) is 25.8. The van der Waals surface area contributed by atoms with Crippen LogP contribution in [0.5, 0.6) is 5.75 Å². The number of hydrogen-bond acceptors (Lipinski definition) is 5. The zero-order valence-electron chi connectivity index (χ0n) is 20.2. The molecule has 1 aliphatic carbocycles. The summed E-state index contributed by atoms with van der Waals surface area (Å²) >= 11 is 5.86. The van der Waals surface area contributed by atoms with E-state index in [1.807, 2.05) is 25.1 Å². The molecule has 1 heterocycles. The van der Waals surface area contributed by atoms with Gasteiger partial charge in [-0.2, -0.15) is 0 Å². The van der Waals surface area contributed by atoms with Gasteiger partial charge in [-0.25, -0.2) is 4.39 Å². The lowest BCUT2D eigenvalue weighted by molar-refractivity contribution is -0.140. The maximum atomic E-state index is 14.2. The zero-order valence-corrected chi connectivity index (χ0v) is 21.0. The molecule has 1 unspecified atom stereocenters. The van der Waals surface area contributed by atoms with Crippen molar-refractivity contribution >= 4 is 29.4 Å². The number of likely N-dealkylation sites (tertiary alicyclic amines) is 1. The van der Waals surface area contributed by atoms with Crippen LogP contribution in [-0.4, -0.2) is 52.4 Å². The molecule has 1 N–H and O–H groups in total. The topological polar surface area (TPSA) is 87.2 Å². The van der Waals surface area contributed by atoms with Crippen LogP contribution in [0.3, 0.4) is 0 Å². The van der Waals surface area contributed by atoms with E-state index in [1.165, 1.54) is 17.0 Å². The summed E-state index contributed by atoms with van der Waals surface area (Å²) < 4.78 is 20.1. The van der Waals surface area contributed by atoms with Crippen molar-refractivity contribution in [3.8, 4) is 5.75 Å². The lowest BCUT2D eigenvalue weighted by atomic mass is 10.00. The summed E-state index contributed by atoms with van der Waals surface area (Å²) in [5.41, 5.74) is 2.46. The Labute approximate surface area is 214 Å². The van der Waals surface area contributed by atoms with Crippen molar-refractivity contribution in [1.29, 1.82) is 0 Å². The lowest BCUT2D eigenvalue weighted by Gasteiger charge is -2.32. The van der Waals surface area contributed by atoms with Crippen molar-refractivity contribution in [1.82, 2.24) is 9.80 Å². The van der Waals surface area contributed by atoms with Crippen LogP contribution in [0.15, 0.2) is 36.4 Å². The highest BCUT2D eigenvalue weighted by atomic mass is 35.5. The largest absolute Gasteiger partial charge is 0.491 e. The van der Waals surface area contributed by atoms with Crippen molar-refractivity contribution < 1.29 is 28.6 Å². The van der Waals surface area contributed by atoms with E-state index >= 15 is 0 Å². The summed E-state index contributed by atoms with van der Waals surface area (Å²) in [7, 11) is 0. The maximum Gasteiger partial charge on any atom is 0.305 e. The number of carbonyl (C=O) groups excluding carboxylic acids is 2. The molecule has 9 heteroatoms. The van der Waals surface area contributed by atoms with E-state index < -0.39 is 17.8 Å². The Morgan fingerprint density at radius 2 is 1.92 bits per heavy atom. The van der Waals surface area contributed by atoms with E-state index in [-0.39, 0.29) is 49.3 Å². The predicted molar refractivity (Wildman–Crippen MR) is 132 cm³/mol. The van der Waals surface area contributed by atoms with Gasteiger partial charge in [0.2, 0.25) is 11.8 Å². The Balaban J connectivity index is 1.47. The molecule has 36 heavy (non-hydrogen) atoms. The third-order valence-corrected chi connectivity index (χ3v) is 6.99. The normalized spacial score (nSPS) is 16.6. The van der Waals surface area contributed by atoms with Gasteiger partial charge >= 0.3 is 5.97 Å². The fourth-order valence-corrected chi connectivity index (χ4v) is 4.72. The first kappa shape index (κ1) is 26.1. The summed E-state index contributed by atoms with van der Waals surface area (Å²) in [5, 5.41) is 9.61. The number of carboxylic acids is 1. The molecule has 0 radical (unpaired) electrons. The molecule has 0 bridgehead atoms. The van der Waals surface area contributed by atoms with E-state index in [4.69, 9.17) is 16.3 Å². The number of ether oxygens (including phenoxy) is 1.